The van der Waals surface area contributed by atoms with Gasteiger partial charge in [0.15, 0.2) is 6.29 Å². The number of rotatable bonds is 4. The van der Waals surface area contributed by atoms with Crippen LogP contribution in [0.2, 0.25) is 0 Å². The van der Waals surface area contributed by atoms with Crippen LogP contribution < -0.4 is 0 Å². The van der Waals surface area contributed by atoms with Gasteiger partial charge in [-0.2, -0.15) is 13.2 Å². The van der Waals surface area contributed by atoms with E-state index >= 15 is 0 Å². The molecule has 0 spiro atoms. The quantitative estimate of drug-likeness (QED) is 0.622. The smallest absolute Gasteiger partial charge is 0.420 e. The molecule has 1 saturated carbocycles. The Labute approximate surface area is 175 Å². The van der Waals surface area contributed by atoms with Gasteiger partial charge < -0.3 is 18.9 Å². The molecular formula is C20H32F3NO6. The molecule has 0 bridgehead atoms. The number of nitrogens with zero attached hydrogens (tertiary/aromatic N) is 1. The summed E-state index contributed by atoms with van der Waals surface area (Å²) in [6.45, 7) is 9.58. The van der Waals surface area contributed by atoms with E-state index in [1.54, 1.807) is 41.5 Å². The van der Waals surface area contributed by atoms with Gasteiger partial charge in [-0.3, -0.25) is 0 Å². The fourth-order valence-corrected chi connectivity index (χ4v) is 3.35. The van der Waals surface area contributed by atoms with Gasteiger partial charge in [0.2, 0.25) is 0 Å². The lowest BCUT2D eigenvalue weighted by molar-refractivity contribution is -0.176. The predicted octanol–water partition coefficient (Wildman–Crippen LogP) is 4.88. The van der Waals surface area contributed by atoms with Gasteiger partial charge in [0.1, 0.15) is 11.2 Å². The van der Waals surface area contributed by atoms with E-state index in [1.165, 1.54) is 0 Å². The van der Waals surface area contributed by atoms with Crippen molar-refractivity contribution in [3.8, 4) is 0 Å². The van der Waals surface area contributed by atoms with Crippen LogP contribution in [0.15, 0.2) is 0 Å². The number of alkyl halides is 3. The highest BCUT2D eigenvalue weighted by Crippen LogP contribution is 2.54. The molecule has 0 radical (unpaired) electrons. The Bertz CT molecular complexity index is 592. The molecular weight excluding hydrogens is 407 g/mol. The summed E-state index contributed by atoms with van der Waals surface area (Å²) in [5, 5.41) is 0. The predicted molar refractivity (Wildman–Crippen MR) is 101 cm³/mol. The first-order valence-electron chi connectivity index (χ1n) is 10.2. The van der Waals surface area contributed by atoms with E-state index in [0.29, 0.717) is 17.9 Å². The average Bonchev–Trinajstić information content (AvgIpc) is 3.24. The number of amides is 2. The Hall–Kier alpha value is -1.55. The minimum atomic E-state index is -4.62. The minimum Gasteiger partial charge on any atom is -0.443 e. The third-order valence-corrected chi connectivity index (χ3v) is 4.60. The molecule has 4 atom stereocenters. The van der Waals surface area contributed by atoms with Crippen LogP contribution in [0.3, 0.4) is 0 Å². The molecule has 1 unspecified atom stereocenters. The van der Waals surface area contributed by atoms with Crippen LogP contribution in [-0.4, -0.2) is 60.0 Å². The summed E-state index contributed by atoms with van der Waals surface area (Å²) in [7, 11) is 0. The van der Waals surface area contributed by atoms with Gasteiger partial charge >= 0.3 is 18.4 Å². The Balaban J connectivity index is 2.21. The molecule has 0 aromatic carbocycles. The van der Waals surface area contributed by atoms with Crippen molar-refractivity contribution < 1.29 is 41.7 Å². The van der Waals surface area contributed by atoms with Crippen LogP contribution in [0.5, 0.6) is 0 Å². The summed E-state index contributed by atoms with van der Waals surface area (Å²) >= 11 is 0. The molecule has 10 heteroatoms. The van der Waals surface area contributed by atoms with Gasteiger partial charge in [0.25, 0.3) is 0 Å². The van der Waals surface area contributed by atoms with Crippen molar-refractivity contribution in [2.75, 3.05) is 13.2 Å². The summed E-state index contributed by atoms with van der Waals surface area (Å²) in [4.78, 5) is 25.8. The first-order valence-corrected chi connectivity index (χ1v) is 10.2. The van der Waals surface area contributed by atoms with Crippen LogP contribution >= 0.6 is 0 Å². The zero-order valence-corrected chi connectivity index (χ0v) is 18.4. The molecule has 2 amide bonds. The third kappa shape index (κ3) is 7.01. The van der Waals surface area contributed by atoms with Gasteiger partial charge in [0.05, 0.1) is 18.6 Å². The zero-order valence-electron chi connectivity index (χ0n) is 18.4. The molecule has 1 heterocycles. The SMILES string of the molecule is CC(C)(C)OC(=O)N(C(=O)OC(C)(C)C)[C@H]1[C@@H](COC2CCCCO2)[C@@H]1C(F)(F)F. The zero-order chi connectivity index (χ0) is 22.9. The van der Waals surface area contributed by atoms with Crippen molar-refractivity contribution in [1.82, 2.24) is 4.90 Å². The molecule has 2 aliphatic rings. The summed E-state index contributed by atoms with van der Waals surface area (Å²) in [5.74, 6) is -3.03. The van der Waals surface area contributed by atoms with Crippen molar-refractivity contribution in [2.45, 2.75) is 90.5 Å². The second-order valence-corrected chi connectivity index (χ2v) is 9.68. The number of halogens is 3. The van der Waals surface area contributed by atoms with E-state index in [4.69, 9.17) is 18.9 Å². The maximum Gasteiger partial charge on any atom is 0.420 e. The van der Waals surface area contributed by atoms with Crippen molar-refractivity contribution >= 4 is 12.2 Å². The number of carbonyl (C=O) groups excluding carboxylic acids is 2. The fraction of sp³-hybridized carbons (Fsp3) is 0.900. The van der Waals surface area contributed by atoms with Gasteiger partial charge in [-0.25, -0.2) is 14.5 Å². The molecule has 1 saturated heterocycles. The van der Waals surface area contributed by atoms with Crippen LogP contribution in [0, 0.1) is 11.8 Å². The van der Waals surface area contributed by atoms with E-state index < -0.39 is 53.7 Å². The second-order valence-electron chi connectivity index (χ2n) is 9.68. The molecule has 1 aliphatic carbocycles. The van der Waals surface area contributed by atoms with E-state index in [0.717, 1.165) is 12.8 Å². The minimum absolute atomic E-state index is 0.290. The van der Waals surface area contributed by atoms with E-state index in [1.807, 2.05) is 0 Å². The third-order valence-electron chi connectivity index (χ3n) is 4.60. The topological polar surface area (TPSA) is 74.3 Å². The first-order chi connectivity index (χ1) is 13.6. The molecule has 0 aromatic heterocycles. The average molecular weight is 439 g/mol. The largest absolute Gasteiger partial charge is 0.443 e. The Morgan fingerprint density at radius 3 is 1.90 bits per heavy atom. The maximum absolute atomic E-state index is 13.7. The lowest BCUT2D eigenvalue weighted by atomic mass is 10.2. The van der Waals surface area contributed by atoms with Crippen molar-refractivity contribution in [3.63, 3.8) is 0 Å². The van der Waals surface area contributed by atoms with E-state index in [-0.39, 0.29) is 6.61 Å². The lowest BCUT2D eigenvalue weighted by Gasteiger charge is -2.29. The van der Waals surface area contributed by atoms with Crippen LogP contribution in [-0.2, 0) is 18.9 Å². The second kappa shape index (κ2) is 8.90. The summed E-state index contributed by atoms with van der Waals surface area (Å²) in [6.07, 6.45) is -5.21. The highest BCUT2D eigenvalue weighted by atomic mass is 19.4. The monoisotopic (exact) mass is 439 g/mol. The van der Waals surface area contributed by atoms with Crippen LogP contribution in [0.1, 0.15) is 60.8 Å². The number of carbonyl (C=O) groups is 2. The van der Waals surface area contributed by atoms with Crippen LogP contribution in [0.25, 0.3) is 0 Å². The Morgan fingerprint density at radius 2 is 1.50 bits per heavy atom. The molecule has 1 aliphatic heterocycles. The summed E-state index contributed by atoms with van der Waals surface area (Å²) in [6, 6.07) is -1.46. The molecule has 2 fully saturated rings. The molecule has 0 N–H and O–H groups in total. The highest BCUT2D eigenvalue weighted by molar-refractivity contribution is 5.89. The van der Waals surface area contributed by atoms with Gasteiger partial charge in [0, 0.05) is 12.5 Å². The first kappa shape index (κ1) is 24.7. The molecule has 0 aromatic rings. The number of hydrogen-bond donors (Lipinski definition) is 0. The van der Waals surface area contributed by atoms with E-state index in [9.17, 15) is 22.8 Å². The number of ether oxygens (including phenoxy) is 4. The van der Waals surface area contributed by atoms with Gasteiger partial charge in [-0.1, -0.05) is 0 Å². The van der Waals surface area contributed by atoms with E-state index in [2.05, 4.69) is 0 Å². The molecule has 30 heavy (non-hydrogen) atoms. The molecule has 2 rings (SSSR count). The Morgan fingerprint density at radius 1 is 0.967 bits per heavy atom. The maximum atomic E-state index is 13.7. The van der Waals surface area contributed by atoms with Crippen molar-refractivity contribution in [3.05, 3.63) is 0 Å². The highest BCUT2D eigenvalue weighted by Gasteiger charge is 2.69. The van der Waals surface area contributed by atoms with Crippen molar-refractivity contribution in [2.24, 2.45) is 11.8 Å². The molecule has 174 valence electrons. The fourth-order valence-electron chi connectivity index (χ4n) is 3.35. The van der Waals surface area contributed by atoms with Crippen molar-refractivity contribution in [1.29, 1.82) is 0 Å². The van der Waals surface area contributed by atoms with Gasteiger partial charge in [-0.05, 0) is 60.8 Å². The number of imide groups is 1. The van der Waals surface area contributed by atoms with Gasteiger partial charge in [-0.15, -0.1) is 0 Å². The normalized spacial score (nSPS) is 27.4. The number of hydrogen-bond acceptors (Lipinski definition) is 6. The standard InChI is InChI=1S/C20H32F3NO6/c1-18(2,3)29-16(25)24(17(26)30-19(4,5)6)15-12(14(15)20(21,22)23)11-28-13-9-7-8-10-27-13/h12-15H,7-11H2,1-6H3/t12-,13?,14-,15-/m0/s1. The summed E-state index contributed by atoms with van der Waals surface area (Å²) < 4.78 is 62.3. The van der Waals surface area contributed by atoms with Crippen LogP contribution in [0.4, 0.5) is 22.8 Å². The summed E-state index contributed by atoms with van der Waals surface area (Å²) in [5.41, 5.74) is -2.00. The molecule has 7 nitrogen and oxygen atoms in total. The lowest BCUT2D eigenvalue weighted by Crippen LogP contribution is -2.46. The Kier molecular flexibility index (Phi) is 7.33.